The molecule has 0 radical (unpaired) electrons. The number of hydrogen-bond donors (Lipinski definition) is 0. The predicted octanol–water partition coefficient (Wildman–Crippen LogP) is 3.46. The van der Waals surface area contributed by atoms with E-state index in [1.54, 1.807) is 0 Å². The Kier molecular flexibility index (Phi) is 3.02. The average molecular weight is 251 g/mol. The molecule has 0 aromatic carbocycles. The first kappa shape index (κ1) is 12.9. The molecule has 2 nitrogen and oxygen atoms in total. The lowest BCUT2D eigenvalue weighted by Gasteiger charge is -2.35. The van der Waals surface area contributed by atoms with E-state index >= 15 is 0 Å². The Hall–Kier alpha value is -0.0800. The van der Waals surface area contributed by atoms with Gasteiger partial charge >= 0.3 is 0 Å². The molecule has 1 aliphatic heterocycles. The van der Waals surface area contributed by atoms with Crippen molar-refractivity contribution in [2.75, 3.05) is 26.2 Å². The first-order valence-electron chi connectivity index (χ1n) is 7.77. The quantitative estimate of drug-likeness (QED) is 0.758. The summed E-state index contributed by atoms with van der Waals surface area (Å²) in [4.78, 5) is 2.71. The fraction of sp³-hybridized carbons (Fsp3) is 1.00. The molecule has 0 aromatic rings. The summed E-state index contributed by atoms with van der Waals surface area (Å²) >= 11 is 0. The lowest BCUT2D eigenvalue weighted by Crippen LogP contribution is -2.40. The van der Waals surface area contributed by atoms with E-state index < -0.39 is 0 Å². The van der Waals surface area contributed by atoms with Crippen molar-refractivity contribution in [3.8, 4) is 0 Å². The molecule has 0 atom stereocenters. The molecule has 1 heterocycles. The van der Waals surface area contributed by atoms with E-state index in [4.69, 9.17) is 4.74 Å². The molecule has 18 heavy (non-hydrogen) atoms. The van der Waals surface area contributed by atoms with Gasteiger partial charge in [-0.15, -0.1) is 0 Å². The molecule has 1 saturated heterocycles. The summed E-state index contributed by atoms with van der Waals surface area (Å²) in [6.07, 6.45) is 8.71. The molecule has 0 amide bonds. The largest absolute Gasteiger partial charge is 0.375 e. The lowest BCUT2D eigenvalue weighted by atomic mass is 9.93. The van der Waals surface area contributed by atoms with Gasteiger partial charge in [0.25, 0.3) is 0 Å². The maximum atomic E-state index is 6.02. The van der Waals surface area contributed by atoms with E-state index in [9.17, 15) is 0 Å². The number of rotatable bonds is 4. The molecule has 2 aliphatic carbocycles. The zero-order valence-electron chi connectivity index (χ0n) is 12.4. The Morgan fingerprint density at radius 1 is 0.944 bits per heavy atom. The minimum absolute atomic E-state index is 0.0234. The monoisotopic (exact) mass is 251 g/mol. The Morgan fingerprint density at radius 2 is 1.56 bits per heavy atom. The normalized spacial score (nSPS) is 29.5. The van der Waals surface area contributed by atoms with Gasteiger partial charge in [0.15, 0.2) is 0 Å². The molecule has 104 valence electrons. The van der Waals surface area contributed by atoms with Gasteiger partial charge < -0.3 is 9.64 Å². The van der Waals surface area contributed by atoms with E-state index in [-0.39, 0.29) is 5.60 Å². The Labute approximate surface area is 112 Å². The third kappa shape index (κ3) is 3.08. The molecular weight excluding hydrogens is 222 g/mol. The van der Waals surface area contributed by atoms with Gasteiger partial charge in [-0.1, -0.05) is 0 Å². The van der Waals surface area contributed by atoms with Crippen LogP contribution in [0.25, 0.3) is 0 Å². The van der Waals surface area contributed by atoms with E-state index in [1.807, 2.05) is 0 Å². The molecular formula is C16H29NO. The first-order chi connectivity index (χ1) is 8.41. The van der Waals surface area contributed by atoms with Crippen molar-refractivity contribution >= 4 is 0 Å². The third-order valence-electron chi connectivity index (χ3n) is 5.20. The topological polar surface area (TPSA) is 12.5 Å². The van der Waals surface area contributed by atoms with Crippen molar-refractivity contribution in [3.05, 3.63) is 0 Å². The van der Waals surface area contributed by atoms with Crippen LogP contribution in [-0.4, -0.2) is 36.7 Å². The van der Waals surface area contributed by atoms with E-state index in [1.165, 1.54) is 58.2 Å². The smallest absolute Gasteiger partial charge is 0.0598 e. The van der Waals surface area contributed by atoms with Gasteiger partial charge in [-0.2, -0.15) is 0 Å². The number of likely N-dealkylation sites (tertiary alicyclic amines) is 1. The maximum Gasteiger partial charge on any atom is 0.0598 e. The van der Waals surface area contributed by atoms with Crippen LogP contribution in [0.4, 0.5) is 0 Å². The molecule has 3 aliphatic rings. The fourth-order valence-corrected chi connectivity index (χ4v) is 3.23. The number of ether oxygens (including phenoxy) is 1. The van der Waals surface area contributed by atoms with E-state index in [0.29, 0.717) is 5.41 Å². The zero-order chi connectivity index (χ0) is 12.9. The van der Waals surface area contributed by atoms with Crippen LogP contribution in [-0.2, 0) is 4.74 Å². The summed E-state index contributed by atoms with van der Waals surface area (Å²) in [5.41, 5.74) is 1.35. The van der Waals surface area contributed by atoms with Crippen LogP contribution in [0, 0.1) is 10.8 Å². The summed E-state index contributed by atoms with van der Waals surface area (Å²) in [5, 5.41) is 0. The second-order valence-corrected chi connectivity index (χ2v) is 8.18. The van der Waals surface area contributed by atoms with Crippen molar-refractivity contribution in [2.24, 2.45) is 10.8 Å². The van der Waals surface area contributed by atoms with Crippen LogP contribution in [0.3, 0.4) is 0 Å². The first-order valence-corrected chi connectivity index (χ1v) is 7.77. The third-order valence-corrected chi connectivity index (χ3v) is 5.20. The Morgan fingerprint density at radius 3 is 2.00 bits per heavy atom. The summed E-state index contributed by atoms with van der Waals surface area (Å²) in [6.45, 7) is 11.5. The van der Waals surface area contributed by atoms with Gasteiger partial charge in [0.1, 0.15) is 0 Å². The molecule has 3 rings (SSSR count). The van der Waals surface area contributed by atoms with Crippen molar-refractivity contribution in [1.82, 2.24) is 4.90 Å². The minimum Gasteiger partial charge on any atom is -0.375 e. The van der Waals surface area contributed by atoms with Gasteiger partial charge in [0.05, 0.1) is 12.2 Å². The highest BCUT2D eigenvalue weighted by Gasteiger charge is 2.48. The number of nitrogens with zero attached hydrogens (tertiary/aromatic N) is 1. The maximum absolute atomic E-state index is 6.02. The Bertz CT molecular complexity index is 300. The van der Waals surface area contributed by atoms with E-state index in [2.05, 4.69) is 25.7 Å². The molecule has 3 fully saturated rings. The summed E-state index contributed by atoms with van der Waals surface area (Å²) in [5.74, 6) is 0. The number of piperidine rings is 1. The van der Waals surface area contributed by atoms with Crippen LogP contribution >= 0.6 is 0 Å². The standard InChI is InChI=1S/C16H29NO/c1-14(2,3)18-13-16(6-7-16)12-17-10-8-15(4-5-15)9-11-17/h4-13H2,1-3H3. The van der Waals surface area contributed by atoms with Gasteiger partial charge in [0.2, 0.25) is 0 Å². The van der Waals surface area contributed by atoms with Gasteiger partial charge in [0, 0.05) is 12.0 Å². The highest BCUT2D eigenvalue weighted by atomic mass is 16.5. The highest BCUT2D eigenvalue weighted by molar-refractivity contribution is 5.00. The molecule has 1 spiro atoms. The van der Waals surface area contributed by atoms with Crippen LogP contribution in [0.5, 0.6) is 0 Å². The SMILES string of the molecule is CC(C)(C)OCC1(CN2CCC3(CC2)CC3)CC1. The highest BCUT2D eigenvalue weighted by Crippen LogP contribution is 2.54. The molecule has 2 saturated carbocycles. The van der Waals surface area contributed by atoms with Gasteiger partial charge in [-0.3, -0.25) is 0 Å². The zero-order valence-corrected chi connectivity index (χ0v) is 12.4. The average Bonchev–Trinajstić information content (AvgIpc) is 3.18. The summed E-state index contributed by atoms with van der Waals surface area (Å²) in [6, 6.07) is 0. The molecule has 0 N–H and O–H groups in total. The van der Waals surface area contributed by atoms with Crippen molar-refractivity contribution in [3.63, 3.8) is 0 Å². The van der Waals surface area contributed by atoms with Crippen LogP contribution in [0.2, 0.25) is 0 Å². The van der Waals surface area contributed by atoms with E-state index in [0.717, 1.165) is 12.0 Å². The van der Waals surface area contributed by atoms with Crippen molar-refractivity contribution in [1.29, 1.82) is 0 Å². The van der Waals surface area contributed by atoms with Gasteiger partial charge in [-0.05, 0) is 77.8 Å². The van der Waals surface area contributed by atoms with Gasteiger partial charge in [-0.25, -0.2) is 0 Å². The second kappa shape index (κ2) is 4.21. The second-order valence-electron chi connectivity index (χ2n) is 8.18. The molecule has 0 aromatic heterocycles. The summed E-state index contributed by atoms with van der Waals surface area (Å²) in [7, 11) is 0. The number of hydrogen-bond acceptors (Lipinski definition) is 2. The molecule has 2 heteroatoms. The van der Waals surface area contributed by atoms with Crippen molar-refractivity contribution < 1.29 is 4.74 Å². The van der Waals surface area contributed by atoms with Crippen molar-refractivity contribution in [2.45, 2.75) is 64.9 Å². The van der Waals surface area contributed by atoms with Crippen LogP contribution in [0.1, 0.15) is 59.3 Å². The summed E-state index contributed by atoms with van der Waals surface area (Å²) < 4.78 is 6.02. The fourth-order valence-electron chi connectivity index (χ4n) is 3.23. The Balaban J connectivity index is 1.44. The minimum atomic E-state index is 0.0234. The lowest BCUT2D eigenvalue weighted by molar-refractivity contribution is -0.0358. The predicted molar refractivity (Wildman–Crippen MR) is 74.7 cm³/mol. The van der Waals surface area contributed by atoms with Crippen LogP contribution in [0.15, 0.2) is 0 Å². The molecule has 0 bridgehead atoms. The molecule has 0 unspecified atom stereocenters. The van der Waals surface area contributed by atoms with Crippen LogP contribution < -0.4 is 0 Å².